The maximum absolute atomic E-state index is 12.7. The van der Waals surface area contributed by atoms with Crippen LogP contribution in [0.25, 0.3) is 21.7 Å². The number of carbonyl (C=O) groups is 1. The molecule has 3 aromatic rings. The molecule has 1 unspecified atom stereocenters. The van der Waals surface area contributed by atoms with Gasteiger partial charge in [-0.1, -0.05) is 18.6 Å². The minimum atomic E-state index is -0.608. The second-order valence-corrected chi connectivity index (χ2v) is 8.92. The zero-order valence-corrected chi connectivity index (χ0v) is 17.5. The van der Waals surface area contributed by atoms with E-state index in [2.05, 4.69) is 16.4 Å². The first kappa shape index (κ1) is 19.6. The Balaban J connectivity index is 1.40. The standard InChI is InChI=1S/C25H25N3O3/c1-31-18-5-7-23-21(12-18)19-6-3-15(11-22(19)25(30)28-23)9-17(13-26)27-24(29)20-10-14-2-4-16(20)8-14/h3,5-7,11-12,14,16-17,20H,2,4,8-10H2,1H3,(H,27,29)(H,28,30)/t14-,16+,17?,20+/m1/s1. The molecule has 31 heavy (non-hydrogen) atoms. The molecule has 158 valence electrons. The molecule has 2 aliphatic carbocycles. The molecule has 0 aliphatic heterocycles. The van der Waals surface area contributed by atoms with E-state index in [4.69, 9.17) is 4.74 Å². The SMILES string of the molecule is COc1ccc2[nH]c(=O)c3cc(CC(C#N)NC(=O)[C@H]4C[C@@H]5CC[C@H]4C5)ccc3c2c1. The van der Waals surface area contributed by atoms with E-state index in [-0.39, 0.29) is 17.4 Å². The summed E-state index contributed by atoms with van der Waals surface area (Å²) in [5.41, 5.74) is 1.42. The van der Waals surface area contributed by atoms with Crippen molar-refractivity contribution in [3.8, 4) is 11.8 Å². The van der Waals surface area contributed by atoms with Gasteiger partial charge in [0.1, 0.15) is 11.8 Å². The normalized spacial score (nSPS) is 23.0. The lowest BCUT2D eigenvalue weighted by molar-refractivity contribution is -0.126. The number of hydrogen-bond acceptors (Lipinski definition) is 4. The van der Waals surface area contributed by atoms with Crippen LogP contribution in [0.1, 0.15) is 31.2 Å². The monoisotopic (exact) mass is 415 g/mol. The van der Waals surface area contributed by atoms with Crippen molar-refractivity contribution in [1.82, 2.24) is 10.3 Å². The van der Waals surface area contributed by atoms with Crippen molar-refractivity contribution in [2.45, 2.75) is 38.1 Å². The van der Waals surface area contributed by atoms with Crippen molar-refractivity contribution in [2.24, 2.45) is 17.8 Å². The Hall–Kier alpha value is -3.33. The fourth-order valence-electron chi connectivity index (χ4n) is 5.52. The van der Waals surface area contributed by atoms with Crippen molar-refractivity contribution >= 4 is 27.6 Å². The molecule has 4 atom stereocenters. The first-order valence-electron chi connectivity index (χ1n) is 10.9. The number of benzene rings is 2. The van der Waals surface area contributed by atoms with Gasteiger partial charge in [-0.2, -0.15) is 5.26 Å². The molecule has 6 nitrogen and oxygen atoms in total. The summed E-state index contributed by atoms with van der Waals surface area (Å²) in [5.74, 6) is 1.94. The molecule has 2 aliphatic rings. The molecule has 6 heteroatoms. The maximum atomic E-state index is 12.7. The van der Waals surface area contributed by atoms with Crippen LogP contribution < -0.4 is 15.6 Å². The maximum Gasteiger partial charge on any atom is 0.256 e. The topological polar surface area (TPSA) is 95.0 Å². The first-order chi connectivity index (χ1) is 15.1. The smallest absolute Gasteiger partial charge is 0.256 e. The molecule has 5 rings (SSSR count). The molecule has 0 spiro atoms. The van der Waals surface area contributed by atoms with Crippen LogP contribution in [0, 0.1) is 29.1 Å². The van der Waals surface area contributed by atoms with Crippen LogP contribution in [-0.4, -0.2) is 24.0 Å². The summed E-state index contributed by atoms with van der Waals surface area (Å²) >= 11 is 0. The van der Waals surface area contributed by atoms with E-state index in [1.54, 1.807) is 7.11 Å². The Morgan fingerprint density at radius 3 is 2.77 bits per heavy atom. The number of hydrogen-bond donors (Lipinski definition) is 2. The molecule has 2 N–H and O–H groups in total. The number of nitrogens with one attached hydrogen (secondary N) is 2. The molecular formula is C25H25N3O3. The highest BCUT2D eigenvalue weighted by atomic mass is 16.5. The number of methoxy groups -OCH3 is 1. The molecule has 1 heterocycles. The Kier molecular flexibility index (Phi) is 4.90. The van der Waals surface area contributed by atoms with Crippen LogP contribution in [0.3, 0.4) is 0 Å². The third-order valence-electron chi connectivity index (χ3n) is 7.08. The zero-order chi connectivity index (χ0) is 21.5. The van der Waals surface area contributed by atoms with E-state index in [1.807, 2.05) is 36.4 Å². The molecule has 1 amide bonds. The molecule has 2 saturated carbocycles. The predicted molar refractivity (Wildman–Crippen MR) is 119 cm³/mol. The van der Waals surface area contributed by atoms with Crippen molar-refractivity contribution < 1.29 is 9.53 Å². The Labute approximate surface area is 180 Å². The molecule has 2 aromatic carbocycles. The number of pyridine rings is 1. The highest BCUT2D eigenvalue weighted by Crippen LogP contribution is 2.48. The number of amides is 1. The average Bonchev–Trinajstić information content (AvgIpc) is 3.42. The number of nitriles is 1. The van der Waals surface area contributed by atoms with Gasteiger partial charge in [0.2, 0.25) is 5.91 Å². The van der Waals surface area contributed by atoms with Crippen molar-refractivity contribution in [3.05, 3.63) is 52.3 Å². The number of H-pyrrole nitrogens is 1. The predicted octanol–water partition coefficient (Wildman–Crippen LogP) is 3.68. The third kappa shape index (κ3) is 3.54. The highest BCUT2D eigenvalue weighted by Gasteiger charge is 2.43. The minimum Gasteiger partial charge on any atom is -0.497 e. The number of aromatic amines is 1. The fourth-order valence-corrected chi connectivity index (χ4v) is 5.52. The quantitative estimate of drug-likeness (QED) is 0.622. The van der Waals surface area contributed by atoms with Crippen molar-refractivity contribution in [3.63, 3.8) is 0 Å². The Morgan fingerprint density at radius 1 is 1.19 bits per heavy atom. The number of aromatic nitrogens is 1. The van der Waals surface area contributed by atoms with Crippen LogP contribution >= 0.6 is 0 Å². The second kappa shape index (κ2) is 7.73. The summed E-state index contributed by atoms with van der Waals surface area (Å²) in [7, 11) is 1.61. The molecule has 0 saturated heterocycles. The summed E-state index contributed by atoms with van der Waals surface area (Å²) in [5, 5.41) is 14.9. The molecule has 0 radical (unpaired) electrons. The lowest BCUT2D eigenvalue weighted by atomic mass is 9.88. The van der Waals surface area contributed by atoms with Gasteiger partial charge in [-0.3, -0.25) is 9.59 Å². The van der Waals surface area contributed by atoms with Gasteiger partial charge in [0.25, 0.3) is 5.56 Å². The van der Waals surface area contributed by atoms with Crippen LogP contribution in [0.15, 0.2) is 41.2 Å². The van der Waals surface area contributed by atoms with E-state index < -0.39 is 6.04 Å². The van der Waals surface area contributed by atoms with Gasteiger partial charge in [-0.05, 0) is 66.3 Å². The summed E-state index contributed by atoms with van der Waals surface area (Å²) in [6.45, 7) is 0. The Bertz CT molecular complexity index is 1270. The van der Waals surface area contributed by atoms with E-state index >= 15 is 0 Å². The molecule has 1 aromatic heterocycles. The molecular weight excluding hydrogens is 390 g/mol. The van der Waals surface area contributed by atoms with Gasteiger partial charge in [-0.15, -0.1) is 0 Å². The van der Waals surface area contributed by atoms with E-state index in [0.717, 1.165) is 46.9 Å². The number of rotatable bonds is 5. The third-order valence-corrected chi connectivity index (χ3v) is 7.08. The van der Waals surface area contributed by atoms with Gasteiger partial charge in [0.15, 0.2) is 0 Å². The lowest BCUT2D eigenvalue weighted by Crippen LogP contribution is -2.41. The van der Waals surface area contributed by atoms with E-state index in [9.17, 15) is 14.9 Å². The summed E-state index contributed by atoms with van der Waals surface area (Å²) in [6.07, 6.45) is 4.85. The minimum absolute atomic E-state index is 0.00970. The van der Waals surface area contributed by atoms with E-state index in [1.165, 1.54) is 6.42 Å². The lowest BCUT2D eigenvalue weighted by Gasteiger charge is -2.22. The molecule has 2 fully saturated rings. The van der Waals surface area contributed by atoms with Crippen LogP contribution in [-0.2, 0) is 11.2 Å². The van der Waals surface area contributed by atoms with Gasteiger partial charge < -0.3 is 15.0 Å². The van der Waals surface area contributed by atoms with Gasteiger partial charge in [0, 0.05) is 28.6 Å². The van der Waals surface area contributed by atoms with Gasteiger partial charge in [0.05, 0.1) is 13.2 Å². The Morgan fingerprint density at radius 2 is 2.06 bits per heavy atom. The summed E-state index contributed by atoms with van der Waals surface area (Å²) in [4.78, 5) is 28.3. The summed E-state index contributed by atoms with van der Waals surface area (Å²) < 4.78 is 5.32. The van der Waals surface area contributed by atoms with E-state index in [0.29, 0.717) is 23.6 Å². The first-order valence-corrected chi connectivity index (χ1v) is 10.9. The fraction of sp³-hybridized carbons (Fsp3) is 0.400. The van der Waals surface area contributed by atoms with Crippen molar-refractivity contribution in [1.29, 1.82) is 5.26 Å². The average molecular weight is 415 g/mol. The largest absolute Gasteiger partial charge is 0.497 e. The second-order valence-electron chi connectivity index (χ2n) is 8.92. The van der Waals surface area contributed by atoms with Gasteiger partial charge in [-0.25, -0.2) is 0 Å². The number of nitrogens with zero attached hydrogens (tertiary/aromatic N) is 1. The number of carbonyl (C=O) groups excluding carboxylic acids is 1. The molecule has 2 bridgehead atoms. The van der Waals surface area contributed by atoms with Crippen LogP contribution in [0.2, 0.25) is 0 Å². The zero-order valence-electron chi connectivity index (χ0n) is 17.5. The van der Waals surface area contributed by atoms with Crippen LogP contribution in [0.4, 0.5) is 0 Å². The van der Waals surface area contributed by atoms with Crippen LogP contribution in [0.5, 0.6) is 5.75 Å². The number of fused-ring (bicyclic) bond motifs is 5. The summed E-state index contributed by atoms with van der Waals surface area (Å²) in [6, 6.07) is 12.8. The number of ether oxygens (including phenoxy) is 1. The van der Waals surface area contributed by atoms with Gasteiger partial charge >= 0.3 is 0 Å². The highest BCUT2D eigenvalue weighted by molar-refractivity contribution is 6.05. The van der Waals surface area contributed by atoms with Crippen molar-refractivity contribution in [2.75, 3.05) is 7.11 Å².